The van der Waals surface area contributed by atoms with E-state index in [4.69, 9.17) is 0 Å². The maximum Gasteiger partial charge on any atom is 0.0640 e. The summed E-state index contributed by atoms with van der Waals surface area (Å²) >= 11 is 1.87. The molecule has 9 rings (SSSR count). The summed E-state index contributed by atoms with van der Waals surface area (Å²) in [5.74, 6) is 0. The van der Waals surface area contributed by atoms with Crippen molar-refractivity contribution in [2.75, 3.05) is 4.90 Å². The second kappa shape index (κ2) is 14.0. The van der Waals surface area contributed by atoms with Gasteiger partial charge in [0.05, 0.1) is 16.1 Å². The maximum absolute atomic E-state index is 2.49. The predicted octanol–water partition coefficient (Wildman–Crippen LogP) is 16.3. The smallest absolute Gasteiger partial charge is 0.0640 e. The first-order valence-corrected chi connectivity index (χ1v) is 20.5. The standard InChI is InChI=1S/C54H47NS/c1-53(2,3)40-33-39(34-41(35-40)54(4,5)6)43-23-14-19-38-20-15-24-46(51(38)43)44-21-10-12-26-48(44)55(42-31-29-37(30-32-42)36-17-8-7-9-18-36)49-27-16-25-47-45-22-11-13-28-50(45)56-52(47)49/h7-35H,1-6H3. The van der Waals surface area contributed by atoms with Crippen LogP contribution in [0.25, 0.3) is 64.3 Å². The minimum atomic E-state index is 0.0141. The molecule has 0 atom stereocenters. The highest BCUT2D eigenvalue weighted by Crippen LogP contribution is 2.49. The van der Waals surface area contributed by atoms with Gasteiger partial charge in [-0.3, -0.25) is 0 Å². The summed E-state index contributed by atoms with van der Waals surface area (Å²) < 4.78 is 2.58. The van der Waals surface area contributed by atoms with Gasteiger partial charge in [-0.2, -0.15) is 0 Å². The molecule has 0 saturated carbocycles. The summed E-state index contributed by atoms with van der Waals surface area (Å²) in [5, 5.41) is 5.09. The van der Waals surface area contributed by atoms with Gasteiger partial charge in [0.1, 0.15) is 0 Å². The fourth-order valence-corrected chi connectivity index (χ4v) is 9.31. The molecule has 274 valence electrons. The number of rotatable bonds is 6. The monoisotopic (exact) mass is 741 g/mol. The van der Waals surface area contributed by atoms with Crippen LogP contribution in [0, 0.1) is 0 Å². The van der Waals surface area contributed by atoms with Crippen molar-refractivity contribution in [1.29, 1.82) is 0 Å². The number of hydrogen-bond donors (Lipinski definition) is 0. The van der Waals surface area contributed by atoms with Gasteiger partial charge in [0.15, 0.2) is 0 Å². The summed E-state index contributed by atoms with van der Waals surface area (Å²) in [6.07, 6.45) is 0. The molecule has 1 heterocycles. The Labute approximate surface area is 335 Å². The molecule has 56 heavy (non-hydrogen) atoms. The van der Waals surface area contributed by atoms with Crippen molar-refractivity contribution in [3.63, 3.8) is 0 Å². The van der Waals surface area contributed by atoms with Crippen molar-refractivity contribution in [2.45, 2.75) is 52.4 Å². The van der Waals surface area contributed by atoms with E-state index < -0.39 is 0 Å². The zero-order chi connectivity index (χ0) is 38.6. The van der Waals surface area contributed by atoms with Crippen molar-refractivity contribution < 1.29 is 0 Å². The van der Waals surface area contributed by atoms with Crippen LogP contribution in [-0.2, 0) is 10.8 Å². The van der Waals surface area contributed by atoms with Gasteiger partial charge in [-0.15, -0.1) is 11.3 Å². The van der Waals surface area contributed by atoms with E-state index in [9.17, 15) is 0 Å². The molecule has 9 aromatic rings. The Morgan fingerprint density at radius 3 is 1.68 bits per heavy atom. The molecule has 0 aliphatic heterocycles. The summed E-state index contributed by atoms with van der Waals surface area (Å²) in [4.78, 5) is 2.49. The fourth-order valence-electron chi connectivity index (χ4n) is 8.10. The number of fused-ring (bicyclic) bond motifs is 4. The maximum atomic E-state index is 2.49. The van der Waals surface area contributed by atoms with Crippen LogP contribution in [0.15, 0.2) is 176 Å². The van der Waals surface area contributed by atoms with E-state index in [0.717, 1.165) is 11.4 Å². The van der Waals surface area contributed by atoms with Crippen LogP contribution >= 0.6 is 11.3 Å². The van der Waals surface area contributed by atoms with Crippen LogP contribution in [-0.4, -0.2) is 0 Å². The molecule has 1 aromatic heterocycles. The number of thiophene rings is 1. The van der Waals surface area contributed by atoms with Crippen molar-refractivity contribution in [2.24, 2.45) is 0 Å². The SMILES string of the molecule is CC(C)(C)c1cc(-c2cccc3cccc(-c4ccccc4N(c4ccc(-c5ccccc5)cc4)c4cccc5c4sc4ccccc45)c23)cc(C(C)(C)C)c1. The molecule has 0 saturated heterocycles. The van der Waals surface area contributed by atoms with Crippen molar-refractivity contribution >= 4 is 59.3 Å². The molecular weight excluding hydrogens is 695 g/mol. The molecule has 0 bridgehead atoms. The van der Waals surface area contributed by atoms with Crippen molar-refractivity contribution in [3.05, 3.63) is 187 Å². The molecule has 0 fully saturated rings. The topological polar surface area (TPSA) is 3.24 Å². The van der Waals surface area contributed by atoms with E-state index in [0.29, 0.717) is 0 Å². The summed E-state index contributed by atoms with van der Waals surface area (Å²) in [6, 6.07) is 65.2. The molecular formula is C54H47NS. The zero-order valence-electron chi connectivity index (χ0n) is 33.1. The third-order valence-corrected chi connectivity index (χ3v) is 12.4. The molecule has 0 aliphatic carbocycles. The van der Waals surface area contributed by atoms with Gasteiger partial charge >= 0.3 is 0 Å². The summed E-state index contributed by atoms with van der Waals surface area (Å²) in [6.45, 7) is 13.9. The normalized spacial score (nSPS) is 12.1. The molecule has 8 aromatic carbocycles. The third-order valence-electron chi connectivity index (χ3n) is 11.2. The van der Waals surface area contributed by atoms with Crippen LogP contribution in [0.4, 0.5) is 17.1 Å². The molecule has 0 amide bonds. The molecule has 0 unspecified atom stereocenters. The lowest BCUT2D eigenvalue weighted by Crippen LogP contribution is -2.16. The lowest BCUT2D eigenvalue weighted by molar-refractivity contribution is 0.569. The summed E-state index contributed by atoms with van der Waals surface area (Å²) in [5.41, 5.74) is 13.5. The number of para-hydroxylation sites is 1. The minimum Gasteiger partial charge on any atom is -0.308 e. The lowest BCUT2D eigenvalue weighted by Gasteiger charge is -2.29. The lowest BCUT2D eigenvalue weighted by atomic mass is 9.78. The largest absolute Gasteiger partial charge is 0.308 e. The van der Waals surface area contributed by atoms with E-state index in [1.54, 1.807) is 0 Å². The number of nitrogens with zero attached hydrogens (tertiary/aromatic N) is 1. The molecule has 0 N–H and O–H groups in total. The van der Waals surface area contributed by atoms with Crippen molar-refractivity contribution in [3.8, 4) is 33.4 Å². The first-order valence-electron chi connectivity index (χ1n) is 19.7. The van der Waals surface area contributed by atoms with Gasteiger partial charge in [0.2, 0.25) is 0 Å². The Kier molecular flexibility index (Phi) is 8.91. The zero-order valence-corrected chi connectivity index (χ0v) is 33.9. The highest BCUT2D eigenvalue weighted by Gasteiger charge is 2.24. The average Bonchev–Trinajstić information content (AvgIpc) is 3.60. The van der Waals surface area contributed by atoms with Crippen LogP contribution in [0.5, 0.6) is 0 Å². The molecule has 1 nitrogen and oxygen atoms in total. The Morgan fingerprint density at radius 1 is 0.411 bits per heavy atom. The third kappa shape index (κ3) is 6.48. The minimum absolute atomic E-state index is 0.0141. The molecule has 0 aliphatic rings. The predicted molar refractivity (Wildman–Crippen MR) is 245 cm³/mol. The van der Waals surface area contributed by atoms with Gasteiger partial charge in [0, 0.05) is 26.7 Å². The first-order chi connectivity index (χ1) is 27.0. The first kappa shape index (κ1) is 35.7. The van der Waals surface area contributed by atoms with Gasteiger partial charge < -0.3 is 4.90 Å². The van der Waals surface area contributed by atoms with E-state index in [2.05, 4.69) is 222 Å². The fraction of sp³-hybridized carbons (Fsp3) is 0.148. The number of hydrogen-bond acceptors (Lipinski definition) is 2. The van der Waals surface area contributed by atoms with Crippen molar-refractivity contribution in [1.82, 2.24) is 0 Å². The van der Waals surface area contributed by atoms with Gasteiger partial charge in [-0.25, -0.2) is 0 Å². The Morgan fingerprint density at radius 2 is 0.964 bits per heavy atom. The van der Waals surface area contributed by atoms with Crippen LogP contribution < -0.4 is 4.90 Å². The molecule has 2 heteroatoms. The molecule has 0 spiro atoms. The quantitative estimate of drug-likeness (QED) is 0.164. The van der Waals surface area contributed by atoms with E-state index in [1.165, 1.54) is 81.1 Å². The average molecular weight is 742 g/mol. The molecule has 0 radical (unpaired) electrons. The van der Waals surface area contributed by atoms with Gasteiger partial charge in [-0.1, -0.05) is 187 Å². The van der Waals surface area contributed by atoms with E-state index in [1.807, 2.05) is 11.3 Å². The van der Waals surface area contributed by atoms with Crippen LogP contribution in [0.2, 0.25) is 0 Å². The Balaban J connectivity index is 1.30. The number of anilines is 3. The number of benzene rings is 8. The highest BCUT2D eigenvalue weighted by atomic mass is 32.1. The summed E-state index contributed by atoms with van der Waals surface area (Å²) in [7, 11) is 0. The second-order valence-corrected chi connectivity index (χ2v) is 18.1. The Bertz CT molecular complexity index is 2830. The highest BCUT2D eigenvalue weighted by molar-refractivity contribution is 7.26. The second-order valence-electron chi connectivity index (χ2n) is 17.0. The van der Waals surface area contributed by atoms with E-state index in [-0.39, 0.29) is 10.8 Å². The van der Waals surface area contributed by atoms with E-state index >= 15 is 0 Å². The van der Waals surface area contributed by atoms with Crippen LogP contribution in [0.1, 0.15) is 52.7 Å². The van der Waals surface area contributed by atoms with Crippen LogP contribution in [0.3, 0.4) is 0 Å². The van der Waals surface area contributed by atoms with Gasteiger partial charge in [-0.05, 0) is 90.9 Å². The Hall–Kier alpha value is -5.96. The van der Waals surface area contributed by atoms with Gasteiger partial charge in [0.25, 0.3) is 0 Å².